The van der Waals surface area contributed by atoms with E-state index in [0.29, 0.717) is 9.87 Å². The summed E-state index contributed by atoms with van der Waals surface area (Å²) in [5.74, 6) is -0.819. The number of likely N-dealkylation sites (N-methyl/N-ethyl adjacent to an activating group) is 1. The van der Waals surface area contributed by atoms with Crippen molar-refractivity contribution in [2.24, 2.45) is 0 Å². The Bertz CT molecular complexity index is 951. The van der Waals surface area contributed by atoms with Crippen molar-refractivity contribution < 1.29 is 21.6 Å². The smallest absolute Gasteiger partial charge is 0.242 e. The Morgan fingerprint density at radius 1 is 1.21 bits per heavy atom. The zero-order valence-electron chi connectivity index (χ0n) is 17.0. The third kappa shape index (κ3) is 4.56. The molecule has 0 bridgehead atoms. The van der Waals surface area contributed by atoms with Crippen molar-refractivity contribution in [1.29, 1.82) is 0 Å². The van der Waals surface area contributed by atoms with Crippen LogP contribution in [0.25, 0.3) is 0 Å². The number of aryl methyl sites for hydroxylation is 1. The number of nitrogens with zero attached hydrogens (tertiary/aromatic N) is 2. The summed E-state index contributed by atoms with van der Waals surface area (Å²) < 4.78 is 53.5. The lowest BCUT2D eigenvalue weighted by Crippen LogP contribution is -2.51. The summed E-state index contributed by atoms with van der Waals surface area (Å²) in [6.07, 6.45) is -0.103. The van der Waals surface area contributed by atoms with Crippen LogP contribution in [0.15, 0.2) is 23.1 Å². The van der Waals surface area contributed by atoms with Crippen LogP contribution < -0.4 is 9.03 Å². The summed E-state index contributed by atoms with van der Waals surface area (Å²) in [4.78, 5) is 14.1. The van der Waals surface area contributed by atoms with Crippen molar-refractivity contribution in [1.82, 2.24) is 9.62 Å². The monoisotopic (exact) mass is 431 g/mol. The van der Waals surface area contributed by atoms with Gasteiger partial charge in [0.15, 0.2) is 0 Å². The molecule has 0 atom stereocenters. The van der Waals surface area contributed by atoms with Crippen LogP contribution >= 0.6 is 0 Å². The third-order valence-electron chi connectivity index (χ3n) is 5.09. The second-order valence-electron chi connectivity index (χ2n) is 7.48. The van der Waals surface area contributed by atoms with E-state index in [2.05, 4.69) is 9.62 Å². The van der Waals surface area contributed by atoms with Crippen molar-refractivity contribution in [3.8, 4) is 0 Å². The number of sulfonamides is 2. The second kappa shape index (κ2) is 8.10. The Kier molecular flexibility index (Phi) is 6.59. The normalized spacial score (nSPS) is 17.5. The largest absolute Gasteiger partial charge is 0.297 e. The molecule has 1 fully saturated rings. The minimum absolute atomic E-state index is 0.0322. The topological polar surface area (TPSA) is 104 Å². The molecule has 0 saturated carbocycles. The van der Waals surface area contributed by atoms with E-state index in [9.17, 15) is 21.6 Å². The Hall–Kier alpha value is -1.49. The predicted molar refractivity (Wildman–Crippen MR) is 109 cm³/mol. The van der Waals surface area contributed by atoms with Gasteiger partial charge in [0, 0.05) is 18.5 Å². The molecule has 28 heavy (non-hydrogen) atoms. The molecule has 10 heteroatoms. The Morgan fingerprint density at radius 3 is 2.32 bits per heavy atom. The molecule has 0 aromatic heterocycles. The fourth-order valence-corrected chi connectivity index (χ4v) is 6.33. The van der Waals surface area contributed by atoms with E-state index in [-0.39, 0.29) is 29.3 Å². The summed E-state index contributed by atoms with van der Waals surface area (Å²) in [5.41, 5.74) is 0.133. The van der Waals surface area contributed by atoms with Crippen molar-refractivity contribution in [2.45, 2.75) is 51.5 Å². The van der Waals surface area contributed by atoms with E-state index in [1.165, 1.54) is 18.2 Å². The van der Waals surface area contributed by atoms with E-state index in [0.717, 1.165) is 13.1 Å². The van der Waals surface area contributed by atoms with Gasteiger partial charge in [0.25, 0.3) is 0 Å². The quantitative estimate of drug-likeness (QED) is 0.668. The number of hydrogen-bond acceptors (Lipinski definition) is 6. The molecule has 1 aromatic carbocycles. The van der Waals surface area contributed by atoms with Crippen LogP contribution in [0.4, 0.5) is 5.69 Å². The molecule has 1 N–H and O–H groups in total. The van der Waals surface area contributed by atoms with Crippen LogP contribution in [0.5, 0.6) is 0 Å². The number of hydrogen-bond donors (Lipinski definition) is 1. The first-order valence-electron chi connectivity index (χ1n) is 9.27. The third-order valence-corrected chi connectivity index (χ3v) is 8.32. The van der Waals surface area contributed by atoms with Crippen molar-refractivity contribution >= 4 is 31.6 Å². The van der Waals surface area contributed by atoms with Gasteiger partial charge in [0.1, 0.15) is 0 Å². The molecule has 1 aromatic rings. The van der Waals surface area contributed by atoms with Crippen LogP contribution in [0.2, 0.25) is 0 Å². The molecule has 158 valence electrons. The predicted octanol–water partition coefficient (Wildman–Crippen LogP) is 1.46. The lowest BCUT2D eigenvalue weighted by atomic mass is 10.0. The second-order valence-corrected chi connectivity index (χ2v) is 11.2. The molecule has 8 nitrogen and oxygen atoms in total. The fourth-order valence-electron chi connectivity index (χ4n) is 3.41. The van der Waals surface area contributed by atoms with Gasteiger partial charge in [-0.05, 0) is 51.6 Å². The average molecular weight is 432 g/mol. The maximum absolute atomic E-state index is 12.9. The van der Waals surface area contributed by atoms with Crippen LogP contribution in [-0.4, -0.2) is 58.6 Å². The van der Waals surface area contributed by atoms with E-state index in [1.807, 2.05) is 27.7 Å². The summed E-state index contributed by atoms with van der Waals surface area (Å²) in [6.45, 7) is 11.4. The van der Waals surface area contributed by atoms with E-state index >= 15 is 0 Å². The summed E-state index contributed by atoms with van der Waals surface area (Å²) >= 11 is 0. The zero-order valence-corrected chi connectivity index (χ0v) is 18.7. The fraction of sp³-hybridized carbons (Fsp3) is 0.611. The molecule has 1 aliphatic heterocycles. The van der Waals surface area contributed by atoms with Crippen LogP contribution in [-0.2, 0) is 24.8 Å². The maximum atomic E-state index is 12.9. The molecular formula is C18H29N3O5S2. The maximum Gasteiger partial charge on any atom is 0.242 e. The lowest BCUT2D eigenvalue weighted by Gasteiger charge is -2.37. The number of amides is 1. The molecule has 1 saturated heterocycles. The van der Waals surface area contributed by atoms with Crippen molar-refractivity contribution in [3.63, 3.8) is 0 Å². The molecule has 1 heterocycles. The highest BCUT2D eigenvalue weighted by Gasteiger charge is 2.37. The number of benzene rings is 1. The van der Waals surface area contributed by atoms with Gasteiger partial charge in [-0.15, -0.1) is 0 Å². The van der Waals surface area contributed by atoms with Gasteiger partial charge in [0.05, 0.1) is 16.3 Å². The van der Waals surface area contributed by atoms with Crippen LogP contribution in [0.1, 0.15) is 39.7 Å². The number of rotatable bonds is 8. The van der Waals surface area contributed by atoms with E-state index in [1.54, 1.807) is 6.92 Å². The van der Waals surface area contributed by atoms with Gasteiger partial charge in [-0.3, -0.25) is 9.69 Å². The highest BCUT2D eigenvalue weighted by molar-refractivity contribution is 7.94. The number of carbonyl (C=O) groups excluding carboxylic acids is 1. The van der Waals surface area contributed by atoms with Crippen LogP contribution in [0, 0.1) is 6.92 Å². The van der Waals surface area contributed by atoms with Crippen molar-refractivity contribution in [2.75, 3.05) is 29.7 Å². The number of anilines is 1. The summed E-state index contributed by atoms with van der Waals surface area (Å²) in [7, 11) is -7.65. The summed E-state index contributed by atoms with van der Waals surface area (Å²) in [6, 6.07) is 4.22. The minimum atomic E-state index is -3.89. The molecule has 0 unspecified atom stereocenters. The van der Waals surface area contributed by atoms with Gasteiger partial charge in [0.2, 0.25) is 26.0 Å². The average Bonchev–Trinajstić information content (AvgIpc) is 2.88. The number of nitrogens with one attached hydrogen (secondary N) is 1. The minimum Gasteiger partial charge on any atom is -0.297 e. The lowest BCUT2D eigenvalue weighted by molar-refractivity contribution is -0.116. The van der Waals surface area contributed by atoms with E-state index in [4.69, 9.17) is 0 Å². The summed E-state index contributed by atoms with van der Waals surface area (Å²) in [5, 5.41) is 0. The Labute approximate surface area is 168 Å². The molecule has 1 aliphatic rings. The van der Waals surface area contributed by atoms with E-state index < -0.39 is 31.5 Å². The van der Waals surface area contributed by atoms with Gasteiger partial charge in [-0.25, -0.2) is 25.9 Å². The van der Waals surface area contributed by atoms with Crippen molar-refractivity contribution in [3.05, 3.63) is 23.8 Å². The van der Waals surface area contributed by atoms with Gasteiger partial charge < -0.3 is 0 Å². The molecule has 0 aliphatic carbocycles. The first-order chi connectivity index (χ1) is 12.9. The van der Waals surface area contributed by atoms with Gasteiger partial charge in [-0.1, -0.05) is 19.9 Å². The Balaban J connectivity index is 2.35. The molecular weight excluding hydrogens is 402 g/mol. The first-order valence-corrected chi connectivity index (χ1v) is 12.4. The van der Waals surface area contributed by atoms with Gasteiger partial charge >= 0.3 is 0 Å². The standard InChI is InChI=1S/C18H29N3O5S2/c1-6-20(7-2)18(4,5)13-19-28(25,26)16-12-15(9-8-14(16)3)21-17(22)10-11-27(21,23)24/h8-9,12,19H,6-7,10-11,13H2,1-5H3. The highest BCUT2D eigenvalue weighted by Crippen LogP contribution is 2.29. The molecule has 1 amide bonds. The molecule has 0 spiro atoms. The van der Waals surface area contributed by atoms with Crippen LogP contribution in [0.3, 0.4) is 0 Å². The first kappa shape index (κ1) is 22.8. The SMILES string of the molecule is CCN(CC)C(C)(C)CNS(=O)(=O)c1cc(N2C(=O)CCS2(=O)=O)ccc1C. The number of carbonyl (C=O) groups is 1. The Morgan fingerprint density at radius 2 is 1.82 bits per heavy atom. The molecule has 0 radical (unpaired) electrons. The molecule has 2 rings (SSSR count). The van der Waals surface area contributed by atoms with Gasteiger partial charge in [-0.2, -0.15) is 0 Å². The highest BCUT2D eigenvalue weighted by atomic mass is 32.2. The zero-order chi connectivity index (χ0) is 21.3.